The van der Waals surface area contributed by atoms with Gasteiger partial charge < -0.3 is 5.32 Å². The Kier molecular flexibility index (Phi) is 6.94. The van der Waals surface area contributed by atoms with E-state index in [1.54, 1.807) is 0 Å². The number of carbonyl (C=O) groups is 1. The second kappa shape index (κ2) is 8.29. The molecule has 1 aromatic rings. The van der Waals surface area contributed by atoms with Gasteiger partial charge in [0, 0.05) is 18.3 Å². The van der Waals surface area contributed by atoms with Crippen molar-refractivity contribution in [2.24, 2.45) is 0 Å². The highest BCUT2D eigenvalue weighted by molar-refractivity contribution is 9.08. The summed E-state index contributed by atoms with van der Waals surface area (Å²) in [6.45, 7) is 2.77. The predicted molar refractivity (Wildman–Crippen MR) is 75.1 cm³/mol. The largest absolute Gasteiger partial charge is 0.352 e. The molecule has 0 atom stereocenters. The van der Waals surface area contributed by atoms with E-state index in [-0.39, 0.29) is 5.91 Å². The van der Waals surface area contributed by atoms with E-state index >= 15 is 0 Å². The molecule has 1 aromatic carbocycles. The van der Waals surface area contributed by atoms with Crippen molar-refractivity contribution in [1.29, 1.82) is 0 Å². The van der Waals surface area contributed by atoms with Crippen molar-refractivity contribution in [3.8, 4) is 0 Å². The molecule has 0 aliphatic carbocycles. The first-order chi connectivity index (χ1) is 8.26. The SMILES string of the molecule is CCCCCC(=O)NCc1cccc(CBr)c1. The third-order valence-electron chi connectivity index (χ3n) is 2.64. The van der Waals surface area contributed by atoms with E-state index < -0.39 is 0 Å². The van der Waals surface area contributed by atoms with Crippen LogP contribution in [0, 0.1) is 0 Å². The summed E-state index contributed by atoms with van der Waals surface area (Å²) >= 11 is 3.43. The highest BCUT2D eigenvalue weighted by atomic mass is 79.9. The first-order valence-corrected chi connectivity index (χ1v) is 7.29. The van der Waals surface area contributed by atoms with Gasteiger partial charge >= 0.3 is 0 Å². The number of unbranched alkanes of at least 4 members (excludes halogenated alkanes) is 2. The number of benzene rings is 1. The second-order valence-corrected chi connectivity index (χ2v) is 4.75. The molecule has 2 nitrogen and oxygen atoms in total. The number of nitrogens with one attached hydrogen (secondary N) is 1. The Morgan fingerprint density at radius 1 is 1.29 bits per heavy atom. The van der Waals surface area contributed by atoms with Crippen LogP contribution in [0.25, 0.3) is 0 Å². The number of halogens is 1. The molecule has 0 heterocycles. The molecule has 0 fully saturated rings. The van der Waals surface area contributed by atoms with Crippen LogP contribution in [0.15, 0.2) is 24.3 Å². The van der Waals surface area contributed by atoms with E-state index in [0.717, 1.165) is 30.2 Å². The van der Waals surface area contributed by atoms with Gasteiger partial charge in [0.25, 0.3) is 0 Å². The molecule has 0 bridgehead atoms. The maximum atomic E-state index is 11.5. The Balaban J connectivity index is 2.31. The van der Waals surface area contributed by atoms with Gasteiger partial charge in [0.2, 0.25) is 5.91 Å². The van der Waals surface area contributed by atoms with Crippen molar-refractivity contribution in [2.45, 2.75) is 44.5 Å². The summed E-state index contributed by atoms with van der Waals surface area (Å²) in [6, 6.07) is 8.25. The second-order valence-electron chi connectivity index (χ2n) is 4.19. The quantitative estimate of drug-likeness (QED) is 0.602. The highest BCUT2D eigenvalue weighted by Gasteiger charge is 2.01. The van der Waals surface area contributed by atoms with Crippen LogP contribution in [0.1, 0.15) is 43.7 Å². The van der Waals surface area contributed by atoms with Crippen molar-refractivity contribution < 1.29 is 4.79 Å². The Morgan fingerprint density at radius 2 is 2.06 bits per heavy atom. The number of amides is 1. The number of rotatable bonds is 7. The number of carbonyl (C=O) groups excluding carboxylic acids is 1. The van der Waals surface area contributed by atoms with Crippen molar-refractivity contribution in [3.05, 3.63) is 35.4 Å². The van der Waals surface area contributed by atoms with Crippen LogP contribution < -0.4 is 5.32 Å². The smallest absolute Gasteiger partial charge is 0.220 e. The number of alkyl halides is 1. The highest BCUT2D eigenvalue weighted by Crippen LogP contribution is 2.08. The van der Waals surface area contributed by atoms with Gasteiger partial charge in [-0.1, -0.05) is 60.0 Å². The zero-order chi connectivity index (χ0) is 12.5. The molecule has 0 unspecified atom stereocenters. The Labute approximate surface area is 112 Å². The topological polar surface area (TPSA) is 29.1 Å². The molecule has 0 aromatic heterocycles. The van der Waals surface area contributed by atoms with Crippen LogP contribution in [-0.2, 0) is 16.7 Å². The van der Waals surface area contributed by atoms with Crippen LogP contribution in [-0.4, -0.2) is 5.91 Å². The lowest BCUT2D eigenvalue weighted by Gasteiger charge is -2.06. The van der Waals surface area contributed by atoms with Gasteiger partial charge in [0.1, 0.15) is 0 Å². The minimum Gasteiger partial charge on any atom is -0.352 e. The monoisotopic (exact) mass is 297 g/mol. The van der Waals surface area contributed by atoms with Crippen LogP contribution in [0.2, 0.25) is 0 Å². The maximum Gasteiger partial charge on any atom is 0.220 e. The van der Waals surface area contributed by atoms with Gasteiger partial charge in [-0.05, 0) is 17.5 Å². The molecular weight excluding hydrogens is 278 g/mol. The number of hydrogen-bond donors (Lipinski definition) is 1. The van der Waals surface area contributed by atoms with Gasteiger partial charge in [-0.15, -0.1) is 0 Å². The summed E-state index contributed by atoms with van der Waals surface area (Å²) in [6.07, 6.45) is 3.92. The third kappa shape index (κ3) is 5.87. The summed E-state index contributed by atoms with van der Waals surface area (Å²) in [7, 11) is 0. The summed E-state index contributed by atoms with van der Waals surface area (Å²) in [5, 5.41) is 3.81. The van der Waals surface area contributed by atoms with Gasteiger partial charge in [-0.25, -0.2) is 0 Å². The average molecular weight is 298 g/mol. The van der Waals surface area contributed by atoms with Crippen molar-refractivity contribution in [2.75, 3.05) is 0 Å². The molecule has 17 heavy (non-hydrogen) atoms. The Morgan fingerprint density at radius 3 is 2.76 bits per heavy atom. The first-order valence-electron chi connectivity index (χ1n) is 6.16. The zero-order valence-electron chi connectivity index (χ0n) is 10.3. The van der Waals surface area contributed by atoms with Crippen molar-refractivity contribution in [3.63, 3.8) is 0 Å². The normalized spacial score (nSPS) is 10.2. The molecular formula is C14H20BrNO. The molecule has 0 aliphatic heterocycles. The van der Waals surface area contributed by atoms with E-state index in [1.807, 2.05) is 12.1 Å². The van der Waals surface area contributed by atoms with Crippen LogP contribution >= 0.6 is 15.9 Å². The van der Waals surface area contributed by atoms with Crippen molar-refractivity contribution >= 4 is 21.8 Å². The van der Waals surface area contributed by atoms with E-state index in [9.17, 15) is 4.79 Å². The standard InChI is InChI=1S/C14H20BrNO/c1-2-3-4-8-14(17)16-11-13-7-5-6-12(9-13)10-15/h5-7,9H,2-4,8,10-11H2,1H3,(H,16,17). The van der Waals surface area contributed by atoms with Gasteiger partial charge in [0.15, 0.2) is 0 Å². The van der Waals surface area contributed by atoms with Crippen molar-refractivity contribution in [1.82, 2.24) is 5.32 Å². The minimum atomic E-state index is 0.155. The predicted octanol–water partition coefficient (Wildman–Crippen LogP) is 3.78. The molecule has 0 saturated carbocycles. The number of hydrogen-bond acceptors (Lipinski definition) is 1. The molecule has 0 radical (unpaired) electrons. The Hall–Kier alpha value is -0.830. The molecule has 3 heteroatoms. The molecule has 1 rings (SSSR count). The molecule has 1 N–H and O–H groups in total. The molecule has 0 spiro atoms. The lowest BCUT2D eigenvalue weighted by molar-refractivity contribution is -0.121. The summed E-state index contributed by atoms with van der Waals surface area (Å²) in [5.74, 6) is 0.155. The Bertz CT molecular complexity index is 352. The molecule has 94 valence electrons. The van der Waals surface area contributed by atoms with Crippen LogP contribution in [0.3, 0.4) is 0 Å². The third-order valence-corrected chi connectivity index (χ3v) is 3.29. The molecule has 0 aliphatic rings. The van der Waals surface area contributed by atoms with E-state index in [1.165, 1.54) is 5.56 Å². The summed E-state index contributed by atoms with van der Waals surface area (Å²) in [5.41, 5.74) is 2.40. The van der Waals surface area contributed by atoms with Gasteiger partial charge in [0.05, 0.1) is 0 Å². The molecule has 0 saturated heterocycles. The lowest BCUT2D eigenvalue weighted by Crippen LogP contribution is -2.22. The van der Waals surface area contributed by atoms with E-state index in [4.69, 9.17) is 0 Å². The zero-order valence-corrected chi connectivity index (χ0v) is 11.9. The van der Waals surface area contributed by atoms with E-state index in [2.05, 4.69) is 40.3 Å². The minimum absolute atomic E-state index is 0.155. The fraction of sp³-hybridized carbons (Fsp3) is 0.500. The average Bonchev–Trinajstić information content (AvgIpc) is 2.37. The van der Waals surface area contributed by atoms with Crippen LogP contribution in [0.5, 0.6) is 0 Å². The maximum absolute atomic E-state index is 11.5. The molecule has 1 amide bonds. The van der Waals surface area contributed by atoms with Gasteiger partial charge in [-0.2, -0.15) is 0 Å². The first kappa shape index (κ1) is 14.2. The van der Waals surface area contributed by atoms with Crippen LogP contribution in [0.4, 0.5) is 0 Å². The lowest BCUT2D eigenvalue weighted by atomic mass is 10.1. The van der Waals surface area contributed by atoms with E-state index in [0.29, 0.717) is 13.0 Å². The summed E-state index contributed by atoms with van der Waals surface area (Å²) in [4.78, 5) is 11.5. The van der Waals surface area contributed by atoms with Gasteiger partial charge in [-0.3, -0.25) is 4.79 Å². The fourth-order valence-corrected chi connectivity index (χ4v) is 2.00. The summed E-state index contributed by atoms with van der Waals surface area (Å²) < 4.78 is 0. The fourth-order valence-electron chi connectivity index (χ4n) is 1.65.